The van der Waals surface area contributed by atoms with Gasteiger partial charge in [-0.3, -0.25) is 4.79 Å². The molecule has 0 radical (unpaired) electrons. The molecule has 0 aliphatic carbocycles. The van der Waals surface area contributed by atoms with Gasteiger partial charge in [-0.25, -0.2) is 4.98 Å². The summed E-state index contributed by atoms with van der Waals surface area (Å²) in [6, 6.07) is 7.59. The molecule has 0 aromatic carbocycles. The number of nitrogens with zero attached hydrogens (tertiary/aromatic N) is 1. The fourth-order valence-corrected chi connectivity index (χ4v) is 4.11. The second-order valence-corrected chi connectivity index (χ2v) is 8.04. The smallest absolute Gasteiger partial charge is 0.271 e. The normalized spacial score (nSPS) is 10.8. The zero-order valence-corrected chi connectivity index (χ0v) is 14.3. The van der Waals surface area contributed by atoms with Crippen molar-refractivity contribution in [2.24, 2.45) is 0 Å². The molecule has 21 heavy (non-hydrogen) atoms. The van der Waals surface area contributed by atoms with Crippen LogP contribution in [0.25, 0.3) is 10.8 Å². The van der Waals surface area contributed by atoms with Crippen LogP contribution in [0.4, 0.5) is 0 Å². The summed E-state index contributed by atoms with van der Waals surface area (Å²) in [7, 11) is 0. The van der Waals surface area contributed by atoms with Gasteiger partial charge in [-0.2, -0.15) is 0 Å². The highest BCUT2D eigenvalue weighted by atomic mass is 79.9. The number of amides is 1. The lowest BCUT2D eigenvalue weighted by molar-refractivity contribution is 0.0946. The predicted molar refractivity (Wildman–Crippen MR) is 87.7 cm³/mol. The van der Waals surface area contributed by atoms with E-state index in [4.69, 9.17) is 4.42 Å². The first-order valence-electron chi connectivity index (χ1n) is 6.17. The van der Waals surface area contributed by atoms with Crippen molar-refractivity contribution in [1.29, 1.82) is 0 Å². The highest BCUT2D eigenvalue weighted by molar-refractivity contribution is 9.11. The Morgan fingerprint density at radius 3 is 2.90 bits per heavy atom. The molecule has 108 valence electrons. The lowest BCUT2D eigenvalue weighted by atomic mass is 10.3. The number of aryl methyl sites for hydroxylation is 1. The third-order valence-electron chi connectivity index (χ3n) is 2.80. The van der Waals surface area contributed by atoms with E-state index < -0.39 is 0 Å². The average molecular weight is 383 g/mol. The Kier molecular flexibility index (Phi) is 4.23. The predicted octanol–water partition coefficient (Wildman–Crippen LogP) is 4.47. The summed E-state index contributed by atoms with van der Waals surface area (Å²) in [4.78, 5) is 18.6. The fourth-order valence-electron chi connectivity index (χ4n) is 1.81. The first-order chi connectivity index (χ1) is 10.1. The second kappa shape index (κ2) is 6.13. The summed E-state index contributed by atoms with van der Waals surface area (Å²) in [5.41, 5.74) is 0.460. The van der Waals surface area contributed by atoms with Crippen LogP contribution in [0.2, 0.25) is 0 Å². The summed E-state index contributed by atoms with van der Waals surface area (Å²) in [6.07, 6.45) is 1.60. The SMILES string of the molecule is Cc1sc(-c2ccco2)nc1C(=O)NCc1ccc(Br)s1. The van der Waals surface area contributed by atoms with Crippen molar-refractivity contribution in [1.82, 2.24) is 10.3 Å². The molecule has 1 amide bonds. The van der Waals surface area contributed by atoms with E-state index in [0.717, 1.165) is 18.5 Å². The Morgan fingerprint density at radius 2 is 2.24 bits per heavy atom. The van der Waals surface area contributed by atoms with E-state index in [1.54, 1.807) is 23.7 Å². The van der Waals surface area contributed by atoms with Gasteiger partial charge in [0.15, 0.2) is 10.8 Å². The molecule has 3 rings (SSSR count). The number of halogens is 1. The molecule has 0 fully saturated rings. The number of furan rings is 1. The van der Waals surface area contributed by atoms with Crippen molar-refractivity contribution in [3.8, 4) is 10.8 Å². The van der Waals surface area contributed by atoms with Crippen LogP contribution in [0.1, 0.15) is 20.2 Å². The van der Waals surface area contributed by atoms with Crippen molar-refractivity contribution in [2.75, 3.05) is 0 Å². The molecular formula is C14H11BrN2O2S2. The van der Waals surface area contributed by atoms with Crippen LogP contribution >= 0.6 is 38.6 Å². The first kappa shape index (κ1) is 14.5. The van der Waals surface area contributed by atoms with Gasteiger partial charge >= 0.3 is 0 Å². The molecule has 4 nitrogen and oxygen atoms in total. The molecule has 0 atom stereocenters. The van der Waals surface area contributed by atoms with Gasteiger partial charge in [-0.1, -0.05) is 0 Å². The Labute approximate surface area is 138 Å². The molecule has 3 aromatic heterocycles. The number of rotatable bonds is 4. The maximum absolute atomic E-state index is 12.2. The third-order valence-corrected chi connectivity index (χ3v) is 5.40. The number of carbonyl (C=O) groups excluding carboxylic acids is 1. The summed E-state index contributed by atoms with van der Waals surface area (Å²) >= 11 is 6.46. The standard InChI is InChI=1S/C14H11BrN2O2S2/c1-8-12(17-14(20-8)10-3-2-6-19-10)13(18)16-7-9-4-5-11(15)21-9/h2-6H,7H2,1H3,(H,16,18). The zero-order valence-electron chi connectivity index (χ0n) is 11.1. The van der Waals surface area contributed by atoms with Crippen LogP contribution in [0, 0.1) is 6.92 Å². The Balaban J connectivity index is 1.72. The number of thiazole rings is 1. The molecule has 0 aliphatic rings. The largest absolute Gasteiger partial charge is 0.462 e. The highest BCUT2D eigenvalue weighted by Crippen LogP contribution is 2.28. The lowest BCUT2D eigenvalue weighted by Gasteiger charge is -2.01. The van der Waals surface area contributed by atoms with Gasteiger partial charge in [-0.15, -0.1) is 22.7 Å². The third kappa shape index (κ3) is 3.25. The first-order valence-corrected chi connectivity index (χ1v) is 8.60. The number of thiophene rings is 1. The van der Waals surface area contributed by atoms with E-state index in [-0.39, 0.29) is 5.91 Å². The average Bonchev–Trinajstić information content (AvgIpc) is 3.16. The van der Waals surface area contributed by atoms with Crippen molar-refractivity contribution in [3.63, 3.8) is 0 Å². The van der Waals surface area contributed by atoms with Gasteiger partial charge in [-0.05, 0) is 47.1 Å². The Morgan fingerprint density at radius 1 is 1.38 bits per heavy atom. The molecule has 0 saturated heterocycles. The molecule has 0 bridgehead atoms. The molecule has 0 saturated carbocycles. The van der Waals surface area contributed by atoms with Crippen LogP contribution in [-0.4, -0.2) is 10.9 Å². The number of carbonyl (C=O) groups is 1. The van der Waals surface area contributed by atoms with Gasteiger partial charge in [0.05, 0.1) is 16.6 Å². The molecule has 1 N–H and O–H groups in total. The maximum atomic E-state index is 12.2. The Hall–Kier alpha value is -1.44. The van der Waals surface area contributed by atoms with Crippen LogP contribution in [0.15, 0.2) is 38.7 Å². The minimum atomic E-state index is -0.161. The van der Waals surface area contributed by atoms with Crippen molar-refractivity contribution in [3.05, 3.63) is 49.8 Å². The van der Waals surface area contributed by atoms with Gasteiger partial charge < -0.3 is 9.73 Å². The summed E-state index contributed by atoms with van der Waals surface area (Å²) in [5.74, 6) is 0.524. The van der Waals surface area contributed by atoms with Crippen molar-refractivity contribution >= 4 is 44.5 Å². The van der Waals surface area contributed by atoms with E-state index in [2.05, 4.69) is 26.2 Å². The summed E-state index contributed by atoms with van der Waals surface area (Å²) < 4.78 is 6.36. The van der Waals surface area contributed by atoms with Crippen LogP contribution < -0.4 is 5.32 Å². The van der Waals surface area contributed by atoms with Crippen LogP contribution in [0.3, 0.4) is 0 Å². The second-order valence-electron chi connectivity index (χ2n) is 4.29. The Bertz CT molecular complexity index is 762. The van der Waals surface area contributed by atoms with Crippen LogP contribution in [0.5, 0.6) is 0 Å². The van der Waals surface area contributed by atoms with E-state index in [0.29, 0.717) is 18.0 Å². The molecule has 0 unspecified atom stereocenters. The number of aromatic nitrogens is 1. The van der Waals surface area contributed by atoms with Gasteiger partial charge in [0.25, 0.3) is 5.91 Å². The molecular weight excluding hydrogens is 372 g/mol. The van der Waals surface area contributed by atoms with Crippen molar-refractivity contribution in [2.45, 2.75) is 13.5 Å². The number of nitrogens with one attached hydrogen (secondary N) is 1. The van der Waals surface area contributed by atoms with Gasteiger partial charge in [0.1, 0.15) is 5.69 Å². The minimum absolute atomic E-state index is 0.161. The minimum Gasteiger partial charge on any atom is -0.462 e. The summed E-state index contributed by atoms with van der Waals surface area (Å²) in [5, 5.41) is 3.62. The van der Waals surface area contributed by atoms with E-state index in [9.17, 15) is 4.79 Å². The lowest BCUT2D eigenvalue weighted by Crippen LogP contribution is -2.23. The molecule has 0 spiro atoms. The monoisotopic (exact) mass is 382 g/mol. The molecule has 7 heteroatoms. The quantitative estimate of drug-likeness (QED) is 0.724. The van der Waals surface area contributed by atoms with Crippen molar-refractivity contribution < 1.29 is 9.21 Å². The van der Waals surface area contributed by atoms with Gasteiger partial charge in [0, 0.05) is 9.75 Å². The highest BCUT2D eigenvalue weighted by Gasteiger charge is 2.17. The maximum Gasteiger partial charge on any atom is 0.271 e. The summed E-state index contributed by atoms with van der Waals surface area (Å²) in [6.45, 7) is 2.39. The molecule has 3 aromatic rings. The van der Waals surface area contributed by atoms with Gasteiger partial charge in [0.2, 0.25) is 0 Å². The number of hydrogen-bond donors (Lipinski definition) is 1. The van der Waals surface area contributed by atoms with E-state index in [1.807, 2.05) is 25.1 Å². The van der Waals surface area contributed by atoms with E-state index in [1.165, 1.54) is 11.3 Å². The number of hydrogen-bond acceptors (Lipinski definition) is 5. The zero-order chi connectivity index (χ0) is 14.8. The van der Waals surface area contributed by atoms with Crippen LogP contribution in [-0.2, 0) is 6.54 Å². The topological polar surface area (TPSA) is 55.1 Å². The fraction of sp³-hybridized carbons (Fsp3) is 0.143. The molecule has 0 aliphatic heterocycles. The van der Waals surface area contributed by atoms with E-state index >= 15 is 0 Å². The molecule has 3 heterocycles.